The quantitative estimate of drug-likeness (QED) is 0.771. The largest absolute Gasteiger partial charge is 0.497 e. The third-order valence-corrected chi connectivity index (χ3v) is 2.13. The molecule has 0 heterocycles. The second-order valence-electron chi connectivity index (χ2n) is 3.03. The minimum atomic E-state index is 0.872. The summed E-state index contributed by atoms with van der Waals surface area (Å²) >= 11 is 0. The molecule has 0 aromatic heterocycles. The van der Waals surface area contributed by atoms with Crippen molar-refractivity contribution in [3.63, 3.8) is 0 Å². The highest BCUT2D eigenvalue weighted by atomic mass is 16.5. The zero-order valence-electron chi connectivity index (χ0n) is 8.96. The van der Waals surface area contributed by atoms with Gasteiger partial charge in [-0.05, 0) is 43.8 Å². The van der Waals surface area contributed by atoms with Crippen LogP contribution in [0.15, 0.2) is 18.2 Å². The number of likely N-dealkylation sites (N-methyl/N-ethyl adjacent to an activating group) is 1. The highest BCUT2D eigenvalue weighted by molar-refractivity contribution is 5.40. The minimum absolute atomic E-state index is 0.872. The maximum absolute atomic E-state index is 5.26. The monoisotopic (exact) mass is 195 g/mol. The highest BCUT2D eigenvalue weighted by Gasteiger charge is 2.03. The van der Waals surface area contributed by atoms with Gasteiger partial charge in [0.05, 0.1) is 14.2 Å². The molecular weight excluding hydrogens is 178 g/mol. The Morgan fingerprint density at radius 3 is 2.57 bits per heavy atom. The van der Waals surface area contributed by atoms with Crippen LogP contribution in [0.3, 0.4) is 0 Å². The lowest BCUT2D eigenvalue weighted by Crippen LogP contribution is -2.11. The molecule has 0 atom stereocenters. The third kappa shape index (κ3) is 2.64. The van der Waals surface area contributed by atoms with Gasteiger partial charge >= 0.3 is 0 Å². The first-order valence-electron chi connectivity index (χ1n) is 4.67. The van der Waals surface area contributed by atoms with E-state index in [0.717, 1.165) is 24.5 Å². The number of methoxy groups -OCH3 is 2. The molecule has 0 amide bonds. The molecule has 1 aromatic rings. The first-order chi connectivity index (χ1) is 6.81. The Kier molecular flexibility index (Phi) is 4.26. The van der Waals surface area contributed by atoms with E-state index in [1.54, 1.807) is 14.2 Å². The molecule has 0 bridgehead atoms. The Morgan fingerprint density at radius 1 is 1.21 bits per heavy atom. The van der Waals surface area contributed by atoms with Crippen LogP contribution in [-0.2, 0) is 6.42 Å². The van der Waals surface area contributed by atoms with E-state index in [1.807, 2.05) is 25.2 Å². The molecular formula is C11H17NO2. The van der Waals surface area contributed by atoms with E-state index < -0.39 is 0 Å². The Morgan fingerprint density at radius 2 is 2.00 bits per heavy atom. The normalized spacial score (nSPS) is 9.93. The van der Waals surface area contributed by atoms with E-state index >= 15 is 0 Å². The zero-order chi connectivity index (χ0) is 10.4. The number of rotatable bonds is 5. The first-order valence-corrected chi connectivity index (χ1v) is 4.67. The zero-order valence-corrected chi connectivity index (χ0v) is 8.96. The Hall–Kier alpha value is -1.22. The van der Waals surface area contributed by atoms with Crippen LogP contribution in [0, 0.1) is 0 Å². The Balaban J connectivity index is 2.84. The average Bonchev–Trinajstić information content (AvgIpc) is 2.25. The van der Waals surface area contributed by atoms with Crippen LogP contribution in [0.4, 0.5) is 0 Å². The van der Waals surface area contributed by atoms with Crippen molar-refractivity contribution in [3.8, 4) is 11.5 Å². The van der Waals surface area contributed by atoms with Crippen molar-refractivity contribution in [2.24, 2.45) is 0 Å². The van der Waals surface area contributed by atoms with E-state index in [4.69, 9.17) is 9.47 Å². The van der Waals surface area contributed by atoms with Gasteiger partial charge in [-0.1, -0.05) is 0 Å². The van der Waals surface area contributed by atoms with Gasteiger partial charge in [-0.2, -0.15) is 0 Å². The van der Waals surface area contributed by atoms with Crippen molar-refractivity contribution in [3.05, 3.63) is 23.8 Å². The lowest BCUT2D eigenvalue weighted by molar-refractivity contribution is 0.398. The summed E-state index contributed by atoms with van der Waals surface area (Å²) in [7, 11) is 5.29. The number of nitrogens with one attached hydrogen (secondary N) is 1. The third-order valence-electron chi connectivity index (χ3n) is 2.13. The Labute approximate surface area is 85.0 Å². The molecule has 3 heteroatoms. The molecule has 0 saturated carbocycles. The molecule has 1 aromatic carbocycles. The predicted octanol–water partition coefficient (Wildman–Crippen LogP) is 1.47. The van der Waals surface area contributed by atoms with Gasteiger partial charge in [-0.3, -0.25) is 0 Å². The summed E-state index contributed by atoms with van der Waals surface area (Å²) in [6, 6.07) is 5.85. The van der Waals surface area contributed by atoms with E-state index in [1.165, 1.54) is 5.56 Å². The van der Waals surface area contributed by atoms with E-state index in [2.05, 4.69) is 5.32 Å². The summed E-state index contributed by atoms with van der Waals surface area (Å²) < 4.78 is 10.4. The van der Waals surface area contributed by atoms with Crippen molar-refractivity contribution >= 4 is 0 Å². The molecule has 1 N–H and O–H groups in total. The summed E-state index contributed by atoms with van der Waals surface area (Å²) in [6.07, 6.45) is 0.941. The van der Waals surface area contributed by atoms with Crippen LogP contribution in [0.1, 0.15) is 5.56 Å². The van der Waals surface area contributed by atoms with Gasteiger partial charge in [0.1, 0.15) is 11.5 Å². The topological polar surface area (TPSA) is 30.5 Å². The van der Waals surface area contributed by atoms with Gasteiger partial charge in [0, 0.05) is 0 Å². The molecule has 14 heavy (non-hydrogen) atoms. The minimum Gasteiger partial charge on any atom is -0.497 e. The fraction of sp³-hybridized carbons (Fsp3) is 0.455. The van der Waals surface area contributed by atoms with E-state index in [0.29, 0.717) is 0 Å². The summed E-state index contributed by atoms with van der Waals surface area (Å²) in [5.41, 5.74) is 1.17. The lowest BCUT2D eigenvalue weighted by Gasteiger charge is -2.09. The molecule has 78 valence electrons. The van der Waals surface area contributed by atoms with Crippen molar-refractivity contribution in [1.29, 1.82) is 0 Å². The van der Waals surface area contributed by atoms with Gasteiger partial charge in [0.25, 0.3) is 0 Å². The van der Waals surface area contributed by atoms with Crippen LogP contribution in [-0.4, -0.2) is 27.8 Å². The van der Waals surface area contributed by atoms with Gasteiger partial charge in [0.2, 0.25) is 0 Å². The maximum atomic E-state index is 5.26. The molecule has 0 radical (unpaired) electrons. The van der Waals surface area contributed by atoms with Crippen LogP contribution in [0.25, 0.3) is 0 Å². The summed E-state index contributed by atoms with van der Waals surface area (Å²) in [5, 5.41) is 3.11. The van der Waals surface area contributed by atoms with Crippen LogP contribution >= 0.6 is 0 Å². The second kappa shape index (κ2) is 5.50. The van der Waals surface area contributed by atoms with Crippen molar-refractivity contribution in [2.45, 2.75) is 6.42 Å². The van der Waals surface area contributed by atoms with Crippen LogP contribution in [0.5, 0.6) is 11.5 Å². The summed E-state index contributed by atoms with van der Waals surface area (Å²) in [6.45, 7) is 0.934. The molecule has 0 aliphatic rings. The van der Waals surface area contributed by atoms with Crippen molar-refractivity contribution in [1.82, 2.24) is 5.32 Å². The SMILES string of the molecule is CNCCc1cc(OC)ccc1OC. The molecule has 0 spiro atoms. The van der Waals surface area contributed by atoms with Gasteiger partial charge in [-0.15, -0.1) is 0 Å². The molecule has 0 unspecified atom stereocenters. The second-order valence-corrected chi connectivity index (χ2v) is 3.03. The lowest BCUT2D eigenvalue weighted by atomic mass is 10.1. The van der Waals surface area contributed by atoms with Crippen LogP contribution < -0.4 is 14.8 Å². The smallest absolute Gasteiger partial charge is 0.122 e. The molecule has 3 nitrogen and oxygen atoms in total. The summed E-state index contributed by atoms with van der Waals surface area (Å²) in [4.78, 5) is 0. The number of hydrogen-bond donors (Lipinski definition) is 1. The van der Waals surface area contributed by atoms with Crippen molar-refractivity contribution in [2.75, 3.05) is 27.8 Å². The van der Waals surface area contributed by atoms with Gasteiger partial charge in [-0.25, -0.2) is 0 Å². The standard InChI is InChI=1S/C11H17NO2/c1-12-7-6-9-8-10(13-2)4-5-11(9)14-3/h4-5,8,12H,6-7H2,1-3H3. The first kappa shape index (κ1) is 10.9. The van der Waals surface area contributed by atoms with Gasteiger partial charge < -0.3 is 14.8 Å². The molecule has 0 fully saturated rings. The van der Waals surface area contributed by atoms with E-state index in [-0.39, 0.29) is 0 Å². The molecule has 1 rings (SSSR count). The number of ether oxygens (including phenoxy) is 2. The molecule has 0 saturated heterocycles. The summed E-state index contributed by atoms with van der Waals surface area (Å²) in [5.74, 6) is 1.79. The fourth-order valence-corrected chi connectivity index (χ4v) is 1.34. The maximum Gasteiger partial charge on any atom is 0.122 e. The fourth-order valence-electron chi connectivity index (χ4n) is 1.34. The van der Waals surface area contributed by atoms with Crippen molar-refractivity contribution < 1.29 is 9.47 Å². The highest BCUT2D eigenvalue weighted by Crippen LogP contribution is 2.23. The number of benzene rings is 1. The average molecular weight is 195 g/mol. The van der Waals surface area contributed by atoms with Crippen LogP contribution in [0.2, 0.25) is 0 Å². The Bertz CT molecular complexity index is 287. The molecule has 0 aliphatic carbocycles. The van der Waals surface area contributed by atoms with E-state index in [9.17, 15) is 0 Å². The number of hydrogen-bond acceptors (Lipinski definition) is 3. The van der Waals surface area contributed by atoms with Gasteiger partial charge in [0.15, 0.2) is 0 Å². The predicted molar refractivity (Wildman–Crippen MR) is 57.2 cm³/mol. The molecule has 0 aliphatic heterocycles.